The second-order valence-electron chi connectivity index (χ2n) is 6.08. The first-order valence-electron chi connectivity index (χ1n) is 8.14. The fourth-order valence-corrected chi connectivity index (χ4v) is 3.23. The van der Waals surface area contributed by atoms with Crippen molar-refractivity contribution in [3.63, 3.8) is 0 Å². The van der Waals surface area contributed by atoms with Gasteiger partial charge in [0.15, 0.2) is 0 Å². The van der Waals surface area contributed by atoms with Crippen molar-refractivity contribution in [3.8, 4) is 0 Å². The molecule has 4 rings (SSSR count). The summed E-state index contributed by atoms with van der Waals surface area (Å²) in [5.74, 6) is -0.536. The first-order valence-corrected chi connectivity index (χ1v) is 8.14. The van der Waals surface area contributed by atoms with Gasteiger partial charge < -0.3 is 15.2 Å². The minimum Gasteiger partial charge on any atom is -0.370 e. The largest absolute Gasteiger partial charge is 0.370 e. The van der Waals surface area contributed by atoms with E-state index in [9.17, 15) is 9.18 Å². The maximum absolute atomic E-state index is 13.3. The maximum atomic E-state index is 13.3. The van der Waals surface area contributed by atoms with Gasteiger partial charge in [-0.05, 0) is 49.2 Å². The highest BCUT2D eigenvalue weighted by molar-refractivity contribution is 6.07. The van der Waals surface area contributed by atoms with E-state index < -0.39 is 0 Å². The second-order valence-corrected chi connectivity index (χ2v) is 6.08. The number of benzene rings is 2. The first-order chi connectivity index (χ1) is 11.7. The minimum absolute atomic E-state index is 0.224. The quantitative estimate of drug-likeness (QED) is 0.760. The van der Waals surface area contributed by atoms with Gasteiger partial charge in [-0.3, -0.25) is 4.79 Å². The van der Waals surface area contributed by atoms with E-state index in [0.29, 0.717) is 11.1 Å². The van der Waals surface area contributed by atoms with Gasteiger partial charge in [-0.1, -0.05) is 12.1 Å². The number of para-hydroxylation sites is 2. The van der Waals surface area contributed by atoms with Crippen LogP contribution in [0.2, 0.25) is 0 Å². The molecule has 1 aliphatic rings. The number of amides is 1. The maximum Gasteiger partial charge on any atom is 0.272 e. The van der Waals surface area contributed by atoms with Crippen LogP contribution in [0.5, 0.6) is 0 Å². The third kappa shape index (κ3) is 2.73. The van der Waals surface area contributed by atoms with Crippen LogP contribution in [0, 0.1) is 5.82 Å². The molecule has 0 radical (unpaired) electrons. The molecule has 4 nitrogen and oxygen atoms in total. The molecule has 0 bridgehead atoms. The van der Waals surface area contributed by atoms with E-state index in [-0.39, 0.29) is 11.7 Å². The van der Waals surface area contributed by atoms with Crippen molar-refractivity contribution >= 4 is 28.2 Å². The van der Waals surface area contributed by atoms with Crippen molar-refractivity contribution < 1.29 is 9.18 Å². The minimum atomic E-state index is -0.312. The highest BCUT2D eigenvalue weighted by Gasteiger charge is 2.17. The van der Waals surface area contributed by atoms with Crippen molar-refractivity contribution in [1.29, 1.82) is 0 Å². The summed E-state index contributed by atoms with van der Waals surface area (Å²) in [6, 6.07) is 13.9. The van der Waals surface area contributed by atoms with E-state index in [2.05, 4.69) is 15.2 Å². The van der Waals surface area contributed by atoms with Crippen molar-refractivity contribution in [3.05, 3.63) is 60.0 Å². The number of aromatic amines is 1. The van der Waals surface area contributed by atoms with Crippen LogP contribution in [-0.2, 0) is 0 Å². The first kappa shape index (κ1) is 14.8. The summed E-state index contributed by atoms with van der Waals surface area (Å²) in [6.45, 7) is 2.02. The molecule has 2 heterocycles. The van der Waals surface area contributed by atoms with Gasteiger partial charge in [-0.15, -0.1) is 0 Å². The monoisotopic (exact) mass is 323 g/mol. The third-order valence-electron chi connectivity index (χ3n) is 4.43. The fraction of sp³-hybridized carbons (Fsp3) is 0.211. The van der Waals surface area contributed by atoms with Crippen LogP contribution >= 0.6 is 0 Å². The second kappa shape index (κ2) is 6.00. The van der Waals surface area contributed by atoms with Crippen LogP contribution in [0.4, 0.5) is 15.8 Å². The Labute approximate surface area is 139 Å². The lowest BCUT2D eigenvalue weighted by Gasteiger charge is -2.21. The number of halogens is 1. The number of aromatic nitrogens is 1. The zero-order valence-corrected chi connectivity index (χ0v) is 13.2. The van der Waals surface area contributed by atoms with Crippen molar-refractivity contribution in [2.45, 2.75) is 12.8 Å². The number of hydrogen-bond acceptors (Lipinski definition) is 2. The fourth-order valence-electron chi connectivity index (χ4n) is 3.23. The number of fused-ring (bicyclic) bond motifs is 1. The zero-order chi connectivity index (χ0) is 16.5. The van der Waals surface area contributed by atoms with E-state index in [0.717, 1.165) is 30.0 Å². The summed E-state index contributed by atoms with van der Waals surface area (Å²) in [7, 11) is 0. The number of carbonyl (C=O) groups is 1. The number of rotatable bonds is 3. The van der Waals surface area contributed by atoms with E-state index in [1.54, 1.807) is 12.1 Å². The normalized spacial score (nSPS) is 14.3. The van der Waals surface area contributed by atoms with Crippen molar-refractivity contribution in [2.75, 3.05) is 23.3 Å². The smallest absolute Gasteiger partial charge is 0.272 e. The summed E-state index contributed by atoms with van der Waals surface area (Å²) < 4.78 is 13.3. The molecule has 0 atom stereocenters. The Bertz CT molecular complexity index is 897. The van der Waals surface area contributed by atoms with Crippen LogP contribution < -0.4 is 10.2 Å². The van der Waals surface area contributed by atoms with Gasteiger partial charge in [-0.25, -0.2) is 4.39 Å². The molecule has 1 aromatic heterocycles. The highest BCUT2D eigenvalue weighted by Crippen LogP contribution is 2.29. The molecule has 1 amide bonds. The lowest BCUT2D eigenvalue weighted by Crippen LogP contribution is -2.21. The van der Waals surface area contributed by atoms with Gasteiger partial charge in [0.05, 0.1) is 11.4 Å². The molecule has 5 heteroatoms. The summed E-state index contributed by atoms with van der Waals surface area (Å²) in [5, 5.41) is 3.66. The number of nitrogens with zero attached hydrogens (tertiary/aromatic N) is 1. The molecule has 1 fully saturated rings. The van der Waals surface area contributed by atoms with E-state index >= 15 is 0 Å². The number of carbonyl (C=O) groups excluding carboxylic acids is 1. The Morgan fingerprint density at radius 2 is 1.88 bits per heavy atom. The van der Waals surface area contributed by atoms with Crippen molar-refractivity contribution in [1.82, 2.24) is 4.98 Å². The number of nitrogens with one attached hydrogen (secondary N) is 2. The Hall–Kier alpha value is -2.82. The van der Waals surface area contributed by atoms with E-state index in [4.69, 9.17) is 0 Å². The Kier molecular flexibility index (Phi) is 3.69. The third-order valence-corrected chi connectivity index (χ3v) is 4.43. The number of hydrogen-bond donors (Lipinski definition) is 2. The molecular weight excluding hydrogens is 305 g/mol. The Morgan fingerprint density at radius 3 is 2.71 bits per heavy atom. The van der Waals surface area contributed by atoms with Gasteiger partial charge in [0, 0.05) is 24.0 Å². The van der Waals surface area contributed by atoms with Gasteiger partial charge in [-0.2, -0.15) is 0 Å². The standard InChI is InChI=1S/C19H18FN3O/c20-14-7-8-15-13(11-14)12-17(21-15)19(24)22-16-5-1-2-6-18(16)23-9-3-4-10-23/h1-2,5-8,11-12,21H,3-4,9-10H2,(H,22,24). The van der Waals surface area contributed by atoms with Gasteiger partial charge in [0.1, 0.15) is 11.5 Å². The Balaban J connectivity index is 1.61. The molecule has 122 valence electrons. The topological polar surface area (TPSA) is 48.1 Å². The van der Waals surface area contributed by atoms with Crippen LogP contribution in [0.1, 0.15) is 23.3 Å². The molecule has 1 saturated heterocycles. The van der Waals surface area contributed by atoms with Crippen LogP contribution in [0.3, 0.4) is 0 Å². The molecule has 3 aromatic rings. The molecule has 1 aliphatic heterocycles. The van der Waals surface area contributed by atoms with Crippen LogP contribution in [0.15, 0.2) is 48.5 Å². The zero-order valence-electron chi connectivity index (χ0n) is 13.2. The number of anilines is 2. The molecule has 0 saturated carbocycles. The summed E-state index contributed by atoms with van der Waals surface area (Å²) in [4.78, 5) is 17.9. The molecule has 0 unspecified atom stereocenters. The molecule has 0 aliphatic carbocycles. The average molecular weight is 323 g/mol. The highest BCUT2D eigenvalue weighted by atomic mass is 19.1. The predicted molar refractivity (Wildman–Crippen MR) is 94.1 cm³/mol. The van der Waals surface area contributed by atoms with Crippen LogP contribution in [-0.4, -0.2) is 24.0 Å². The lowest BCUT2D eigenvalue weighted by molar-refractivity contribution is 0.102. The van der Waals surface area contributed by atoms with Crippen molar-refractivity contribution in [2.24, 2.45) is 0 Å². The lowest BCUT2D eigenvalue weighted by atomic mass is 10.2. The van der Waals surface area contributed by atoms with Gasteiger partial charge in [0.2, 0.25) is 0 Å². The Morgan fingerprint density at radius 1 is 1.08 bits per heavy atom. The molecular formula is C19H18FN3O. The van der Waals surface area contributed by atoms with Crippen LogP contribution in [0.25, 0.3) is 10.9 Å². The molecule has 0 spiro atoms. The number of H-pyrrole nitrogens is 1. The van der Waals surface area contributed by atoms with Gasteiger partial charge >= 0.3 is 0 Å². The predicted octanol–water partition coefficient (Wildman–Crippen LogP) is 4.16. The van der Waals surface area contributed by atoms with E-state index in [1.807, 2.05) is 24.3 Å². The van der Waals surface area contributed by atoms with E-state index in [1.165, 1.54) is 25.0 Å². The summed E-state index contributed by atoms with van der Waals surface area (Å²) in [6.07, 6.45) is 2.35. The molecule has 24 heavy (non-hydrogen) atoms. The molecule has 2 N–H and O–H groups in total. The molecule has 2 aromatic carbocycles. The average Bonchev–Trinajstić information content (AvgIpc) is 3.24. The summed E-state index contributed by atoms with van der Waals surface area (Å²) in [5.41, 5.74) is 3.01. The SMILES string of the molecule is O=C(Nc1ccccc1N1CCCC1)c1cc2cc(F)ccc2[nH]1. The van der Waals surface area contributed by atoms with Gasteiger partial charge in [0.25, 0.3) is 5.91 Å². The summed E-state index contributed by atoms with van der Waals surface area (Å²) >= 11 is 0.